The van der Waals surface area contributed by atoms with Crippen molar-refractivity contribution in [1.29, 1.82) is 0 Å². The Morgan fingerprint density at radius 2 is 1.83 bits per heavy atom. The van der Waals surface area contributed by atoms with Gasteiger partial charge >= 0.3 is 5.97 Å². The van der Waals surface area contributed by atoms with Crippen LogP contribution in [0.5, 0.6) is 0 Å². The van der Waals surface area contributed by atoms with Crippen LogP contribution in [0.15, 0.2) is 0 Å². The molecule has 0 aromatic heterocycles. The zero-order valence-corrected chi connectivity index (χ0v) is 12.4. The largest absolute Gasteiger partial charge is 0.463 e. The van der Waals surface area contributed by atoms with Gasteiger partial charge in [0, 0.05) is 13.5 Å². The molecule has 5 nitrogen and oxygen atoms in total. The third-order valence-electron chi connectivity index (χ3n) is 2.53. The van der Waals surface area contributed by atoms with Gasteiger partial charge in [0.25, 0.3) is 0 Å². The molecule has 108 valence electrons. The van der Waals surface area contributed by atoms with Gasteiger partial charge in [-0.25, -0.2) is 13.1 Å². The van der Waals surface area contributed by atoms with Gasteiger partial charge in [0.05, 0.1) is 6.26 Å². The van der Waals surface area contributed by atoms with Gasteiger partial charge in [-0.05, 0) is 25.7 Å². The molecule has 0 aliphatic carbocycles. The van der Waals surface area contributed by atoms with Crippen LogP contribution < -0.4 is 4.72 Å². The Kier molecular flexibility index (Phi) is 9.01. The smallest absolute Gasteiger partial charge is 0.302 e. The fraction of sp³-hybridized carbons (Fsp3) is 0.917. The molecule has 0 aromatic carbocycles. The Morgan fingerprint density at radius 1 is 1.22 bits per heavy atom. The van der Waals surface area contributed by atoms with Crippen LogP contribution >= 0.6 is 0 Å². The Morgan fingerprint density at radius 3 is 2.33 bits per heavy atom. The van der Waals surface area contributed by atoms with Crippen LogP contribution in [0.2, 0.25) is 0 Å². The van der Waals surface area contributed by atoms with Gasteiger partial charge in [-0.2, -0.15) is 0 Å². The maximum Gasteiger partial charge on any atom is 0.302 e. The molecule has 1 atom stereocenters. The quantitative estimate of drug-likeness (QED) is 0.489. The summed E-state index contributed by atoms with van der Waals surface area (Å²) in [7, 11) is -3.12. The molecule has 0 saturated heterocycles. The second-order valence-corrected chi connectivity index (χ2v) is 6.37. The molecule has 0 aliphatic rings. The topological polar surface area (TPSA) is 72.5 Å². The van der Waals surface area contributed by atoms with Crippen LogP contribution in [0.4, 0.5) is 0 Å². The molecule has 0 radical (unpaired) electrons. The summed E-state index contributed by atoms with van der Waals surface area (Å²) in [6, 6.07) is 0. The number of nitrogens with one attached hydrogen (secondary N) is 1. The highest BCUT2D eigenvalue weighted by atomic mass is 32.2. The molecule has 6 heteroatoms. The molecule has 0 amide bonds. The summed E-state index contributed by atoms with van der Waals surface area (Å²) in [5, 5.41) is 0. The van der Waals surface area contributed by atoms with E-state index in [1.54, 1.807) is 0 Å². The van der Waals surface area contributed by atoms with Crippen LogP contribution in [0.3, 0.4) is 0 Å². The zero-order chi connectivity index (χ0) is 14.0. The third kappa shape index (κ3) is 11.9. The molecule has 18 heavy (non-hydrogen) atoms. The van der Waals surface area contributed by atoms with E-state index in [1.165, 1.54) is 6.92 Å². The maximum atomic E-state index is 10.9. The van der Waals surface area contributed by atoms with E-state index in [2.05, 4.69) is 11.6 Å². The van der Waals surface area contributed by atoms with Gasteiger partial charge in [-0.1, -0.05) is 19.8 Å². The van der Waals surface area contributed by atoms with E-state index in [0.29, 0.717) is 19.4 Å². The fourth-order valence-electron chi connectivity index (χ4n) is 1.71. The summed E-state index contributed by atoms with van der Waals surface area (Å²) in [4.78, 5) is 10.9. The molecule has 0 heterocycles. The Bertz CT molecular complexity index is 327. The normalized spacial score (nSPS) is 13.3. The van der Waals surface area contributed by atoms with Crippen LogP contribution in [0.1, 0.15) is 52.4 Å². The first-order valence-corrected chi connectivity index (χ1v) is 8.36. The molecule has 0 bridgehead atoms. The predicted octanol–water partition coefficient (Wildman–Crippen LogP) is 1.83. The van der Waals surface area contributed by atoms with Crippen molar-refractivity contribution in [1.82, 2.24) is 4.72 Å². The number of carbonyl (C=O) groups is 1. The average molecular weight is 279 g/mol. The monoisotopic (exact) mass is 279 g/mol. The molecule has 0 aromatic rings. The van der Waals surface area contributed by atoms with Crippen LogP contribution in [-0.2, 0) is 19.6 Å². The highest BCUT2D eigenvalue weighted by Gasteiger charge is 2.11. The van der Waals surface area contributed by atoms with Crippen molar-refractivity contribution in [2.24, 2.45) is 0 Å². The molecule has 0 saturated carbocycles. The van der Waals surface area contributed by atoms with Gasteiger partial charge < -0.3 is 4.74 Å². The molecular formula is C12H25NO4S. The fourth-order valence-corrected chi connectivity index (χ4v) is 2.22. The summed E-state index contributed by atoms with van der Waals surface area (Å²) in [5.74, 6) is -0.271. The molecule has 0 rings (SSSR count). The lowest BCUT2D eigenvalue weighted by molar-refractivity contribution is -0.147. The van der Waals surface area contributed by atoms with Gasteiger partial charge in [0.2, 0.25) is 10.0 Å². The van der Waals surface area contributed by atoms with E-state index < -0.39 is 10.0 Å². The lowest BCUT2D eigenvalue weighted by Gasteiger charge is -2.16. The van der Waals surface area contributed by atoms with Crippen molar-refractivity contribution in [3.8, 4) is 0 Å². The highest BCUT2D eigenvalue weighted by molar-refractivity contribution is 7.88. The highest BCUT2D eigenvalue weighted by Crippen LogP contribution is 2.12. The standard InChI is InChI=1S/C12H25NO4S/c1-4-5-6-8-12(17-11(2)14)9-7-10-13-18(3,15)16/h12-13H,4-10H2,1-3H3/t12-/m0/s1. The number of unbranched alkanes of at least 4 members (excludes halogenated alkanes) is 2. The van der Waals surface area contributed by atoms with E-state index in [1.807, 2.05) is 0 Å². The minimum absolute atomic E-state index is 0.0876. The lowest BCUT2D eigenvalue weighted by atomic mass is 10.1. The van der Waals surface area contributed by atoms with Crippen LogP contribution in [-0.4, -0.2) is 33.3 Å². The van der Waals surface area contributed by atoms with Crippen molar-refractivity contribution in [3.63, 3.8) is 0 Å². The van der Waals surface area contributed by atoms with Crippen molar-refractivity contribution in [2.45, 2.75) is 58.5 Å². The van der Waals surface area contributed by atoms with Crippen molar-refractivity contribution >= 4 is 16.0 Å². The first kappa shape index (κ1) is 17.4. The van der Waals surface area contributed by atoms with Gasteiger partial charge in [-0.15, -0.1) is 0 Å². The number of sulfonamides is 1. The van der Waals surface area contributed by atoms with Crippen LogP contribution in [0.25, 0.3) is 0 Å². The molecule has 1 N–H and O–H groups in total. The second-order valence-electron chi connectivity index (χ2n) is 4.54. The number of esters is 1. The van der Waals surface area contributed by atoms with Crippen LogP contribution in [0, 0.1) is 0 Å². The van der Waals surface area contributed by atoms with Gasteiger partial charge in [-0.3, -0.25) is 4.79 Å². The van der Waals surface area contributed by atoms with E-state index in [4.69, 9.17) is 4.74 Å². The van der Waals surface area contributed by atoms with E-state index in [-0.39, 0.29) is 12.1 Å². The van der Waals surface area contributed by atoms with Gasteiger partial charge in [0.15, 0.2) is 0 Å². The lowest BCUT2D eigenvalue weighted by Crippen LogP contribution is -2.25. The summed E-state index contributed by atoms with van der Waals surface area (Å²) in [5.41, 5.74) is 0. The first-order chi connectivity index (χ1) is 8.35. The summed E-state index contributed by atoms with van der Waals surface area (Å²) >= 11 is 0. The predicted molar refractivity (Wildman–Crippen MR) is 71.8 cm³/mol. The van der Waals surface area contributed by atoms with E-state index >= 15 is 0 Å². The first-order valence-electron chi connectivity index (χ1n) is 6.47. The SMILES string of the molecule is CCCCC[C@@H](CCCNS(C)(=O)=O)OC(C)=O. The average Bonchev–Trinajstić information content (AvgIpc) is 2.22. The minimum atomic E-state index is -3.12. The number of hydrogen-bond donors (Lipinski definition) is 1. The zero-order valence-electron chi connectivity index (χ0n) is 11.6. The molecule has 0 fully saturated rings. The minimum Gasteiger partial charge on any atom is -0.463 e. The van der Waals surface area contributed by atoms with Crippen molar-refractivity contribution in [3.05, 3.63) is 0 Å². The Hall–Kier alpha value is -0.620. The number of carbonyl (C=O) groups excluding carboxylic acids is 1. The van der Waals surface area contributed by atoms with Gasteiger partial charge in [0.1, 0.15) is 6.10 Å². The number of ether oxygens (including phenoxy) is 1. The number of rotatable bonds is 10. The Labute approximate surface area is 110 Å². The summed E-state index contributed by atoms with van der Waals surface area (Å²) in [6.45, 7) is 3.92. The summed E-state index contributed by atoms with van der Waals surface area (Å²) in [6.07, 6.45) is 6.57. The maximum absolute atomic E-state index is 10.9. The molecule has 0 aliphatic heterocycles. The Balaban J connectivity index is 3.88. The second kappa shape index (κ2) is 9.33. The molecular weight excluding hydrogens is 254 g/mol. The third-order valence-corrected chi connectivity index (χ3v) is 3.26. The summed E-state index contributed by atoms with van der Waals surface area (Å²) < 4.78 is 29.4. The molecule has 0 spiro atoms. The molecule has 0 unspecified atom stereocenters. The number of hydrogen-bond acceptors (Lipinski definition) is 4. The van der Waals surface area contributed by atoms with Crippen molar-refractivity contribution in [2.75, 3.05) is 12.8 Å². The van der Waals surface area contributed by atoms with Crippen molar-refractivity contribution < 1.29 is 17.9 Å². The van der Waals surface area contributed by atoms with E-state index in [0.717, 1.165) is 31.9 Å². The van der Waals surface area contributed by atoms with E-state index in [9.17, 15) is 13.2 Å².